The molecule has 30 heavy (non-hydrogen) atoms. The molecule has 2 aromatic carbocycles. The maximum absolute atomic E-state index is 13.1. The Morgan fingerprint density at radius 3 is 2.50 bits per heavy atom. The molecule has 1 atom stereocenters. The van der Waals surface area contributed by atoms with Gasteiger partial charge in [-0.3, -0.25) is 4.79 Å². The minimum absolute atomic E-state index is 0.113. The van der Waals surface area contributed by atoms with Crippen molar-refractivity contribution in [3.8, 4) is 11.5 Å². The lowest BCUT2D eigenvalue weighted by atomic mass is 9.98. The summed E-state index contributed by atoms with van der Waals surface area (Å²) in [5.74, 6) is 0.375. The van der Waals surface area contributed by atoms with Crippen molar-refractivity contribution in [2.45, 2.75) is 24.7 Å². The number of nitrogens with zero attached hydrogens (tertiary/aromatic N) is 1. The van der Waals surface area contributed by atoms with Crippen LogP contribution < -0.4 is 14.8 Å². The van der Waals surface area contributed by atoms with E-state index in [1.807, 2.05) is 0 Å². The first-order chi connectivity index (χ1) is 14.3. The zero-order valence-electron chi connectivity index (χ0n) is 17.1. The number of carbonyl (C=O) groups excluding carboxylic acids is 1. The fourth-order valence-corrected chi connectivity index (χ4v) is 5.33. The molecule has 1 saturated heterocycles. The second-order valence-corrected chi connectivity index (χ2v) is 9.54. The van der Waals surface area contributed by atoms with E-state index in [2.05, 4.69) is 5.32 Å². The SMILES string of the molecule is COc1ccc(S(=O)(=O)N2CCC[C@H](C(=O)Nc3cc(Cl)ccc3OC)C2)cc1C. The third-order valence-corrected chi connectivity index (χ3v) is 7.27. The molecule has 0 aromatic heterocycles. The lowest BCUT2D eigenvalue weighted by molar-refractivity contribution is -0.120. The Labute approximate surface area is 182 Å². The second kappa shape index (κ2) is 9.24. The highest BCUT2D eigenvalue weighted by Crippen LogP contribution is 2.30. The molecule has 3 rings (SSSR count). The van der Waals surface area contributed by atoms with Crippen molar-refractivity contribution >= 4 is 33.2 Å². The predicted molar refractivity (Wildman–Crippen MR) is 116 cm³/mol. The third-order valence-electron chi connectivity index (χ3n) is 5.18. The molecule has 1 amide bonds. The van der Waals surface area contributed by atoms with Crippen molar-refractivity contribution in [1.82, 2.24) is 4.31 Å². The molecule has 162 valence electrons. The zero-order valence-corrected chi connectivity index (χ0v) is 18.7. The van der Waals surface area contributed by atoms with Crippen LogP contribution in [0.15, 0.2) is 41.3 Å². The number of benzene rings is 2. The summed E-state index contributed by atoms with van der Waals surface area (Å²) in [6.45, 7) is 2.28. The van der Waals surface area contributed by atoms with Crippen LogP contribution in [0.4, 0.5) is 5.69 Å². The first kappa shape index (κ1) is 22.4. The lowest BCUT2D eigenvalue weighted by Crippen LogP contribution is -2.43. The van der Waals surface area contributed by atoms with E-state index >= 15 is 0 Å². The van der Waals surface area contributed by atoms with E-state index in [1.54, 1.807) is 44.4 Å². The molecule has 9 heteroatoms. The number of anilines is 1. The highest BCUT2D eigenvalue weighted by Gasteiger charge is 2.33. The molecule has 1 fully saturated rings. The van der Waals surface area contributed by atoms with Gasteiger partial charge in [0.05, 0.1) is 30.7 Å². The third kappa shape index (κ3) is 4.71. The number of methoxy groups -OCH3 is 2. The Hall–Kier alpha value is -2.29. The Morgan fingerprint density at radius 1 is 1.13 bits per heavy atom. The van der Waals surface area contributed by atoms with Gasteiger partial charge in [0.25, 0.3) is 0 Å². The zero-order chi connectivity index (χ0) is 21.9. The predicted octanol–water partition coefficient (Wildman–Crippen LogP) is 3.71. The van der Waals surface area contributed by atoms with Gasteiger partial charge in [0.1, 0.15) is 11.5 Å². The van der Waals surface area contributed by atoms with Crippen LogP contribution in [0.1, 0.15) is 18.4 Å². The van der Waals surface area contributed by atoms with Crippen molar-refractivity contribution in [2.75, 3.05) is 32.6 Å². The largest absolute Gasteiger partial charge is 0.496 e. The van der Waals surface area contributed by atoms with Crippen LogP contribution in [0.2, 0.25) is 5.02 Å². The van der Waals surface area contributed by atoms with E-state index in [9.17, 15) is 13.2 Å². The van der Waals surface area contributed by atoms with Crippen LogP contribution in [-0.2, 0) is 14.8 Å². The van der Waals surface area contributed by atoms with E-state index in [4.69, 9.17) is 21.1 Å². The fourth-order valence-electron chi connectivity index (χ4n) is 3.55. The number of sulfonamides is 1. The monoisotopic (exact) mass is 452 g/mol. The van der Waals surface area contributed by atoms with Gasteiger partial charge in [0, 0.05) is 18.1 Å². The van der Waals surface area contributed by atoms with Crippen LogP contribution >= 0.6 is 11.6 Å². The molecule has 0 radical (unpaired) electrons. The number of aryl methyl sites for hydroxylation is 1. The van der Waals surface area contributed by atoms with Crippen LogP contribution in [-0.4, -0.2) is 45.9 Å². The fraction of sp³-hybridized carbons (Fsp3) is 0.381. The van der Waals surface area contributed by atoms with E-state index in [0.717, 1.165) is 5.56 Å². The molecule has 2 aromatic rings. The molecule has 1 aliphatic heterocycles. The number of halogens is 1. The average molecular weight is 453 g/mol. The van der Waals surface area contributed by atoms with Gasteiger partial charge in [-0.15, -0.1) is 0 Å². The quantitative estimate of drug-likeness (QED) is 0.722. The highest BCUT2D eigenvalue weighted by molar-refractivity contribution is 7.89. The summed E-state index contributed by atoms with van der Waals surface area (Å²) in [6, 6.07) is 9.71. The number of ether oxygens (including phenoxy) is 2. The van der Waals surface area contributed by atoms with Crippen molar-refractivity contribution in [1.29, 1.82) is 0 Å². The van der Waals surface area contributed by atoms with Gasteiger partial charge in [0.2, 0.25) is 15.9 Å². The lowest BCUT2D eigenvalue weighted by Gasteiger charge is -2.31. The Bertz CT molecular complexity index is 1040. The number of hydrogen-bond acceptors (Lipinski definition) is 5. The van der Waals surface area contributed by atoms with Gasteiger partial charge in [-0.05, 0) is 61.7 Å². The maximum Gasteiger partial charge on any atom is 0.243 e. The Kier molecular flexibility index (Phi) is 6.90. The van der Waals surface area contributed by atoms with Crippen molar-refractivity contribution < 1.29 is 22.7 Å². The summed E-state index contributed by atoms with van der Waals surface area (Å²) in [4.78, 5) is 13.0. The van der Waals surface area contributed by atoms with Gasteiger partial charge in [-0.25, -0.2) is 8.42 Å². The Morgan fingerprint density at radius 2 is 1.83 bits per heavy atom. The van der Waals surface area contributed by atoms with Gasteiger partial charge in [-0.1, -0.05) is 11.6 Å². The molecule has 0 unspecified atom stereocenters. The summed E-state index contributed by atoms with van der Waals surface area (Å²) in [5.41, 5.74) is 1.19. The highest BCUT2D eigenvalue weighted by atomic mass is 35.5. The van der Waals surface area contributed by atoms with E-state index in [-0.39, 0.29) is 17.3 Å². The van der Waals surface area contributed by atoms with Gasteiger partial charge in [-0.2, -0.15) is 4.31 Å². The number of amides is 1. The maximum atomic E-state index is 13.1. The molecule has 0 aliphatic carbocycles. The van der Waals surface area contributed by atoms with Gasteiger partial charge in [0.15, 0.2) is 0 Å². The minimum atomic E-state index is -3.72. The van der Waals surface area contributed by atoms with Crippen molar-refractivity contribution in [3.05, 3.63) is 47.0 Å². The summed E-state index contributed by atoms with van der Waals surface area (Å²) in [5, 5.41) is 3.29. The molecule has 0 saturated carbocycles. The Balaban J connectivity index is 1.77. The summed E-state index contributed by atoms with van der Waals surface area (Å²) < 4.78 is 38.1. The van der Waals surface area contributed by atoms with Gasteiger partial charge < -0.3 is 14.8 Å². The second-order valence-electron chi connectivity index (χ2n) is 7.17. The van der Waals surface area contributed by atoms with Crippen LogP contribution in [0, 0.1) is 12.8 Å². The number of carbonyl (C=O) groups is 1. The first-order valence-corrected chi connectivity index (χ1v) is 11.4. The summed E-state index contributed by atoms with van der Waals surface area (Å²) >= 11 is 6.02. The first-order valence-electron chi connectivity index (χ1n) is 9.55. The van der Waals surface area contributed by atoms with Crippen LogP contribution in [0.3, 0.4) is 0 Å². The van der Waals surface area contributed by atoms with E-state index < -0.39 is 15.9 Å². The van der Waals surface area contributed by atoms with Crippen molar-refractivity contribution in [3.63, 3.8) is 0 Å². The smallest absolute Gasteiger partial charge is 0.243 e. The number of rotatable bonds is 6. The molecule has 1 N–H and O–H groups in total. The van der Waals surface area contributed by atoms with Gasteiger partial charge >= 0.3 is 0 Å². The number of hydrogen-bond donors (Lipinski definition) is 1. The van der Waals surface area contributed by atoms with Crippen LogP contribution in [0.5, 0.6) is 11.5 Å². The minimum Gasteiger partial charge on any atom is -0.496 e. The number of nitrogens with one attached hydrogen (secondary N) is 1. The summed E-state index contributed by atoms with van der Waals surface area (Å²) in [7, 11) is -0.671. The van der Waals surface area contributed by atoms with E-state index in [1.165, 1.54) is 17.5 Å². The molecule has 7 nitrogen and oxygen atoms in total. The normalized spacial score (nSPS) is 17.4. The molecular formula is C21H25ClN2O5S. The van der Waals surface area contributed by atoms with E-state index in [0.29, 0.717) is 41.6 Å². The molecule has 0 spiro atoms. The topological polar surface area (TPSA) is 84.9 Å². The molecular weight excluding hydrogens is 428 g/mol. The standard InChI is InChI=1S/C21H25ClN2O5S/c1-14-11-17(7-9-19(14)28-2)30(26,27)24-10-4-5-15(13-24)21(25)23-18-12-16(22)6-8-20(18)29-3/h6-9,11-12,15H,4-5,10,13H2,1-3H3,(H,23,25)/t15-/m0/s1. The van der Waals surface area contributed by atoms with Crippen LogP contribution in [0.25, 0.3) is 0 Å². The summed E-state index contributed by atoms with van der Waals surface area (Å²) in [6.07, 6.45) is 1.20. The molecule has 0 bridgehead atoms. The van der Waals surface area contributed by atoms with Crippen molar-refractivity contribution in [2.24, 2.45) is 5.92 Å². The number of piperidine rings is 1. The molecule has 1 heterocycles. The molecule has 1 aliphatic rings. The average Bonchev–Trinajstić information content (AvgIpc) is 2.74.